The van der Waals surface area contributed by atoms with Crippen molar-refractivity contribution in [3.8, 4) is 11.1 Å². The van der Waals surface area contributed by atoms with E-state index in [0.29, 0.717) is 5.92 Å². The number of aromatic nitrogens is 1. The van der Waals surface area contributed by atoms with Crippen LogP contribution in [0, 0.1) is 0 Å². The zero-order valence-electron chi connectivity index (χ0n) is 18.9. The fourth-order valence-corrected chi connectivity index (χ4v) is 5.30. The van der Waals surface area contributed by atoms with Gasteiger partial charge in [-0.1, -0.05) is 98.8 Å². The molecule has 0 saturated heterocycles. The molecule has 0 radical (unpaired) electrons. The Labute approximate surface area is 188 Å². The van der Waals surface area contributed by atoms with E-state index in [-0.39, 0.29) is 0 Å². The van der Waals surface area contributed by atoms with Crippen molar-refractivity contribution in [3.05, 3.63) is 96.6 Å². The summed E-state index contributed by atoms with van der Waals surface area (Å²) >= 11 is 0. The van der Waals surface area contributed by atoms with Crippen molar-refractivity contribution in [1.29, 1.82) is 0 Å². The Bertz CT molecular complexity index is 1620. The van der Waals surface area contributed by atoms with Crippen LogP contribution < -0.4 is 0 Å². The predicted octanol–water partition coefficient (Wildman–Crippen LogP) is 8.82. The number of benzene rings is 5. The molecule has 0 aliphatic rings. The van der Waals surface area contributed by atoms with E-state index in [0.717, 1.165) is 0 Å². The van der Waals surface area contributed by atoms with E-state index in [9.17, 15) is 0 Å². The zero-order chi connectivity index (χ0) is 21.8. The summed E-state index contributed by atoms with van der Waals surface area (Å²) in [6.07, 6.45) is 1.17. The average Bonchev–Trinajstić information content (AvgIpc) is 3.16. The molecule has 156 valence electrons. The fraction of sp³-hybridized carbons (Fsp3) is 0.161. The van der Waals surface area contributed by atoms with Gasteiger partial charge in [0.15, 0.2) is 0 Å². The molecule has 6 aromatic rings. The summed E-state index contributed by atoms with van der Waals surface area (Å²) in [5.41, 5.74) is 6.56. The van der Waals surface area contributed by atoms with E-state index >= 15 is 0 Å². The van der Waals surface area contributed by atoms with Gasteiger partial charge < -0.3 is 4.57 Å². The first-order valence-electron chi connectivity index (χ1n) is 11.6. The third-order valence-electron chi connectivity index (χ3n) is 7.29. The molecule has 1 heterocycles. The van der Waals surface area contributed by atoms with Crippen LogP contribution in [0.1, 0.15) is 31.7 Å². The van der Waals surface area contributed by atoms with Gasteiger partial charge in [-0.3, -0.25) is 0 Å². The summed E-state index contributed by atoms with van der Waals surface area (Å²) in [6, 6.07) is 33.7. The highest BCUT2D eigenvalue weighted by Gasteiger charge is 2.16. The molecule has 1 heteroatoms. The van der Waals surface area contributed by atoms with Crippen LogP contribution in [0.4, 0.5) is 0 Å². The lowest BCUT2D eigenvalue weighted by atomic mass is 9.95. The lowest BCUT2D eigenvalue weighted by Crippen LogP contribution is -1.91. The SMILES string of the molecule is CCC(C)c1ccc(-c2ccc3c4c5ccccc5c5ccccc5c4n(C)c3c2)cc1. The van der Waals surface area contributed by atoms with Gasteiger partial charge in [0, 0.05) is 28.7 Å². The van der Waals surface area contributed by atoms with Gasteiger partial charge in [0.05, 0.1) is 5.52 Å². The summed E-state index contributed by atoms with van der Waals surface area (Å²) in [5, 5.41) is 7.98. The van der Waals surface area contributed by atoms with Gasteiger partial charge in [-0.25, -0.2) is 0 Å². The number of nitrogens with zero attached hydrogens (tertiary/aromatic N) is 1. The number of fused-ring (bicyclic) bond motifs is 8. The Morgan fingerprint density at radius 1 is 0.656 bits per heavy atom. The zero-order valence-corrected chi connectivity index (χ0v) is 18.9. The van der Waals surface area contributed by atoms with Gasteiger partial charge >= 0.3 is 0 Å². The molecule has 1 aromatic heterocycles. The first kappa shape index (κ1) is 19.1. The lowest BCUT2D eigenvalue weighted by Gasteiger charge is -2.10. The standard InChI is InChI=1S/C31H27N/c1-4-20(2)21-13-15-22(16-14-21)23-17-18-28-29(19-23)32(3)31-27-12-8-6-10-25(27)24-9-5-7-11-26(24)30(28)31/h5-20H,4H2,1-3H3. The topological polar surface area (TPSA) is 4.93 Å². The van der Waals surface area contributed by atoms with Crippen LogP contribution in [0.5, 0.6) is 0 Å². The second-order valence-corrected chi connectivity index (χ2v) is 9.04. The second-order valence-electron chi connectivity index (χ2n) is 9.04. The van der Waals surface area contributed by atoms with Crippen LogP contribution in [0.15, 0.2) is 91.0 Å². The number of hydrogen-bond donors (Lipinski definition) is 0. The monoisotopic (exact) mass is 413 g/mol. The minimum Gasteiger partial charge on any atom is -0.343 e. The van der Waals surface area contributed by atoms with Crippen molar-refractivity contribution >= 4 is 43.4 Å². The Morgan fingerprint density at radius 3 is 1.94 bits per heavy atom. The normalized spacial score (nSPS) is 12.8. The van der Waals surface area contributed by atoms with Gasteiger partial charge in [-0.15, -0.1) is 0 Å². The molecule has 0 saturated carbocycles. The Hall–Kier alpha value is -3.58. The van der Waals surface area contributed by atoms with Crippen molar-refractivity contribution < 1.29 is 0 Å². The van der Waals surface area contributed by atoms with E-state index in [1.807, 2.05) is 0 Å². The van der Waals surface area contributed by atoms with Gasteiger partial charge in [-0.05, 0) is 51.3 Å². The minimum atomic E-state index is 0.603. The number of aryl methyl sites for hydroxylation is 1. The molecule has 0 N–H and O–H groups in total. The van der Waals surface area contributed by atoms with Gasteiger partial charge in [0.25, 0.3) is 0 Å². The molecule has 1 nitrogen and oxygen atoms in total. The molecular weight excluding hydrogens is 386 g/mol. The largest absolute Gasteiger partial charge is 0.343 e. The van der Waals surface area contributed by atoms with Crippen LogP contribution in [-0.4, -0.2) is 4.57 Å². The highest BCUT2D eigenvalue weighted by atomic mass is 14.9. The van der Waals surface area contributed by atoms with Crippen LogP contribution in [0.3, 0.4) is 0 Å². The van der Waals surface area contributed by atoms with Crippen LogP contribution in [0.25, 0.3) is 54.5 Å². The van der Waals surface area contributed by atoms with Crippen LogP contribution >= 0.6 is 0 Å². The van der Waals surface area contributed by atoms with Gasteiger partial charge in [0.2, 0.25) is 0 Å². The smallest absolute Gasteiger partial charge is 0.0574 e. The molecule has 0 amide bonds. The van der Waals surface area contributed by atoms with Crippen molar-refractivity contribution in [2.24, 2.45) is 7.05 Å². The molecule has 1 atom stereocenters. The van der Waals surface area contributed by atoms with Gasteiger partial charge in [0.1, 0.15) is 0 Å². The first-order chi connectivity index (χ1) is 15.7. The van der Waals surface area contributed by atoms with E-state index in [2.05, 4.69) is 116 Å². The van der Waals surface area contributed by atoms with Crippen LogP contribution in [0.2, 0.25) is 0 Å². The van der Waals surface area contributed by atoms with E-state index in [4.69, 9.17) is 0 Å². The number of rotatable bonds is 3. The maximum absolute atomic E-state index is 2.39. The summed E-state index contributed by atoms with van der Waals surface area (Å²) in [7, 11) is 2.21. The summed E-state index contributed by atoms with van der Waals surface area (Å²) in [6.45, 7) is 4.55. The molecule has 0 aliphatic carbocycles. The second kappa shape index (κ2) is 7.24. The third-order valence-corrected chi connectivity index (χ3v) is 7.29. The first-order valence-corrected chi connectivity index (χ1v) is 11.6. The molecule has 5 aromatic carbocycles. The van der Waals surface area contributed by atoms with Gasteiger partial charge in [-0.2, -0.15) is 0 Å². The molecule has 6 rings (SSSR count). The number of hydrogen-bond acceptors (Lipinski definition) is 0. The Morgan fingerprint density at radius 2 is 1.25 bits per heavy atom. The quantitative estimate of drug-likeness (QED) is 0.255. The highest BCUT2D eigenvalue weighted by Crippen LogP contribution is 2.41. The maximum Gasteiger partial charge on any atom is 0.0574 e. The molecule has 1 unspecified atom stereocenters. The Kier molecular flexibility index (Phi) is 4.33. The maximum atomic E-state index is 2.39. The lowest BCUT2D eigenvalue weighted by molar-refractivity contribution is 0.734. The van der Waals surface area contributed by atoms with Crippen molar-refractivity contribution in [1.82, 2.24) is 4.57 Å². The molecule has 0 aliphatic heterocycles. The van der Waals surface area contributed by atoms with E-state index in [1.54, 1.807) is 0 Å². The fourth-order valence-electron chi connectivity index (χ4n) is 5.30. The summed E-state index contributed by atoms with van der Waals surface area (Å²) in [4.78, 5) is 0. The molecule has 0 bridgehead atoms. The summed E-state index contributed by atoms with van der Waals surface area (Å²) < 4.78 is 2.39. The van der Waals surface area contributed by atoms with E-state index in [1.165, 1.54) is 66.5 Å². The highest BCUT2D eigenvalue weighted by molar-refractivity contribution is 6.31. The van der Waals surface area contributed by atoms with Crippen molar-refractivity contribution in [2.75, 3.05) is 0 Å². The van der Waals surface area contributed by atoms with Crippen molar-refractivity contribution in [2.45, 2.75) is 26.2 Å². The average molecular weight is 414 g/mol. The predicted molar refractivity (Wildman–Crippen MR) is 140 cm³/mol. The molecule has 0 fully saturated rings. The molecule has 0 spiro atoms. The third kappa shape index (κ3) is 2.71. The molecular formula is C31H27N. The van der Waals surface area contributed by atoms with Crippen LogP contribution in [-0.2, 0) is 7.05 Å². The minimum absolute atomic E-state index is 0.603. The van der Waals surface area contributed by atoms with E-state index < -0.39 is 0 Å². The Balaban J connectivity index is 1.65. The summed E-state index contributed by atoms with van der Waals surface area (Å²) in [5.74, 6) is 0.603. The van der Waals surface area contributed by atoms with Crippen molar-refractivity contribution in [3.63, 3.8) is 0 Å². The molecule has 32 heavy (non-hydrogen) atoms.